The first-order chi connectivity index (χ1) is 9.86. The summed E-state index contributed by atoms with van der Waals surface area (Å²) in [5, 5.41) is 0. The van der Waals surface area contributed by atoms with Gasteiger partial charge in [-0.25, -0.2) is 9.78 Å². The minimum Gasteiger partial charge on any atom is -0.464 e. The SMILES string of the molecule is CCCCCC(C)(C)Cn1c(CC)nc(C(=O)OC)c1N. The number of imidazole rings is 1. The van der Waals surface area contributed by atoms with Gasteiger partial charge in [0.1, 0.15) is 11.6 Å². The average Bonchev–Trinajstić information content (AvgIpc) is 2.74. The van der Waals surface area contributed by atoms with Crippen molar-refractivity contribution in [2.45, 2.75) is 66.3 Å². The summed E-state index contributed by atoms with van der Waals surface area (Å²) < 4.78 is 6.72. The molecule has 0 atom stereocenters. The molecule has 1 aromatic heterocycles. The van der Waals surface area contributed by atoms with E-state index < -0.39 is 5.97 Å². The number of nitrogen functional groups attached to an aromatic ring is 1. The predicted molar refractivity (Wildman–Crippen MR) is 85.3 cm³/mol. The van der Waals surface area contributed by atoms with Crippen molar-refractivity contribution in [1.82, 2.24) is 9.55 Å². The van der Waals surface area contributed by atoms with E-state index in [1.165, 1.54) is 26.4 Å². The number of aromatic nitrogens is 2. The molecule has 0 bridgehead atoms. The Labute approximate surface area is 127 Å². The summed E-state index contributed by atoms with van der Waals surface area (Å²) in [5.41, 5.74) is 6.48. The number of carbonyl (C=O) groups is 1. The Kier molecular flexibility index (Phi) is 6.24. The fourth-order valence-electron chi connectivity index (χ4n) is 2.57. The van der Waals surface area contributed by atoms with Crippen LogP contribution in [-0.2, 0) is 17.7 Å². The maximum Gasteiger partial charge on any atom is 0.360 e. The lowest BCUT2D eigenvalue weighted by Crippen LogP contribution is -2.22. The van der Waals surface area contributed by atoms with Crippen LogP contribution in [0.3, 0.4) is 0 Å². The first kappa shape index (κ1) is 17.5. The number of hydrogen-bond donors (Lipinski definition) is 1. The molecule has 0 saturated carbocycles. The van der Waals surface area contributed by atoms with Crippen molar-refractivity contribution >= 4 is 11.8 Å². The van der Waals surface area contributed by atoms with Crippen LogP contribution < -0.4 is 5.73 Å². The Morgan fingerprint density at radius 2 is 2.00 bits per heavy atom. The number of carbonyl (C=O) groups excluding carboxylic acids is 1. The molecule has 5 heteroatoms. The van der Waals surface area contributed by atoms with Crippen LogP contribution in [0.4, 0.5) is 5.82 Å². The molecular formula is C16H29N3O2. The summed E-state index contributed by atoms with van der Waals surface area (Å²) in [7, 11) is 1.35. The quantitative estimate of drug-likeness (QED) is 0.589. The van der Waals surface area contributed by atoms with E-state index in [4.69, 9.17) is 10.5 Å². The van der Waals surface area contributed by atoms with Crippen molar-refractivity contribution in [2.24, 2.45) is 5.41 Å². The Hall–Kier alpha value is -1.52. The molecule has 0 aromatic carbocycles. The fraction of sp³-hybridized carbons (Fsp3) is 0.750. The van der Waals surface area contributed by atoms with Crippen LogP contribution in [0.15, 0.2) is 0 Å². The van der Waals surface area contributed by atoms with Crippen LogP contribution in [0.5, 0.6) is 0 Å². The molecule has 0 fully saturated rings. The van der Waals surface area contributed by atoms with Gasteiger partial charge in [-0.3, -0.25) is 0 Å². The lowest BCUT2D eigenvalue weighted by molar-refractivity contribution is 0.0595. The van der Waals surface area contributed by atoms with Crippen molar-refractivity contribution < 1.29 is 9.53 Å². The molecule has 0 amide bonds. The molecule has 0 saturated heterocycles. The topological polar surface area (TPSA) is 70.1 Å². The number of nitrogens with zero attached hydrogens (tertiary/aromatic N) is 2. The molecule has 0 radical (unpaired) electrons. The molecular weight excluding hydrogens is 266 g/mol. The minimum absolute atomic E-state index is 0.126. The summed E-state index contributed by atoms with van der Waals surface area (Å²) in [5.74, 6) is 0.795. The van der Waals surface area contributed by atoms with Crippen LogP contribution >= 0.6 is 0 Å². The summed E-state index contributed by atoms with van der Waals surface area (Å²) in [4.78, 5) is 16.1. The van der Waals surface area contributed by atoms with Gasteiger partial charge in [0.05, 0.1) is 7.11 Å². The van der Waals surface area contributed by atoms with Crippen molar-refractivity contribution in [3.05, 3.63) is 11.5 Å². The molecule has 21 heavy (non-hydrogen) atoms. The Morgan fingerprint density at radius 3 is 2.52 bits per heavy atom. The van der Waals surface area contributed by atoms with E-state index in [0.29, 0.717) is 5.82 Å². The molecule has 5 nitrogen and oxygen atoms in total. The van der Waals surface area contributed by atoms with Crippen LogP contribution in [0.25, 0.3) is 0 Å². The largest absolute Gasteiger partial charge is 0.464 e. The van der Waals surface area contributed by atoms with Crippen molar-refractivity contribution in [1.29, 1.82) is 0 Å². The lowest BCUT2D eigenvalue weighted by atomic mass is 9.86. The zero-order valence-corrected chi connectivity index (χ0v) is 14.0. The van der Waals surface area contributed by atoms with Crippen molar-refractivity contribution in [3.8, 4) is 0 Å². The maximum atomic E-state index is 11.7. The number of nitrogens with two attached hydrogens (primary N) is 1. The number of unbranched alkanes of at least 4 members (excludes halogenated alkanes) is 2. The van der Waals surface area contributed by atoms with Gasteiger partial charge in [-0.1, -0.05) is 47.0 Å². The Bertz CT molecular complexity index is 478. The number of aryl methyl sites for hydroxylation is 1. The van der Waals surface area contributed by atoms with E-state index in [9.17, 15) is 4.79 Å². The average molecular weight is 295 g/mol. The second kappa shape index (κ2) is 7.48. The van der Waals surface area contributed by atoms with Gasteiger partial charge in [-0.2, -0.15) is 0 Å². The molecule has 1 aromatic rings. The summed E-state index contributed by atoms with van der Waals surface area (Å²) in [6, 6.07) is 0. The van der Waals surface area contributed by atoms with E-state index in [0.717, 1.165) is 25.2 Å². The van der Waals surface area contributed by atoms with Crippen LogP contribution in [0, 0.1) is 5.41 Å². The van der Waals surface area contributed by atoms with E-state index in [1.807, 2.05) is 11.5 Å². The smallest absolute Gasteiger partial charge is 0.360 e. The normalized spacial score (nSPS) is 11.7. The maximum absolute atomic E-state index is 11.7. The molecule has 120 valence electrons. The van der Waals surface area contributed by atoms with Crippen LogP contribution in [0.2, 0.25) is 0 Å². The van der Waals surface area contributed by atoms with Gasteiger partial charge >= 0.3 is 5.97 Å². The predicted octanol–water partition coefficient (Wildman–Crippen LogP) is 3.42. The zero-order chi connectivity index (χ0) is 16.0. The molecule has 1 heterocycles. The van der Waals surface area contributed by atoms with Gasteiger partial charge < -0.3 is 15.0 Å². The van der Waals surface area contributed by atoms with Gasteiger partial charge in [0.2, 0.25) is 0 Å². The number of methoxy groups -OCH3 is 1. The summed E-state index contributed by atoms with van der Waals surface area (Å²) in [6.07, 6.45) is 5.55. The van der Waals surface area contributed by atoms with Crippen LogP contribution in [0.1, 0.15) is 69.7 Å². The third kappa shape index (κ3) is 4.48. The molecule has 0 spiro atoms. The highest BCUT2D eigenvalue weighted by Gasteiger charge is 2.25. The second-order valence-corrected chi connectivity index (χ2v) is 6.31. The second-order valence-electron chi connectivity index (χ2n) is 6.31. The molecule has 0 aliphatic rings. The number of esters is 1. The van der Waals surface area contributed by atoms with Crippen LogP contribution in [-0.4, -0.2) is 22.6 Å². The first-order valence-electron chi connectivity index (χ1n) is 7.79. The van der Waals surface area contributed by atoms with Gasteiger partial charge in [0.25, 0.3) is 0 Å². The standard InChI is InChI=1S/C16H29N3O2/c1-6-8-9-10-16(3,4)11-19-12(7-2)18-13(14(19)17)15(20)21-5/h6-11,17H2,1-5H3. The molecule has 1 rings (SSSR count). The van der Waals surface area contributed by atoms with E-state index in [-0.39, 0.29) is 11.1 Å². The molecule has 0 aliphatic heterocycles. The van der Waals surface area contributed by atoms with Gasteiger partial charge in [-0.05, 0) is 11.8 Å². The van der Waals surface area contributed by atoms with Gasteiger partial charge in [-0.15, -0.1) is 0 Å². The number of ether oxygens (including phenoxy) is 1. The van der Waals surface area contributed by atoms with Crippen molar-refractivity contribution in [2.75, 3.05) is 12.8 Å². The van der Waals surface area contributed by atoms with E-state index in [2.05, 4.69) is 25.8 Å². The van der Waals surface area contributed by atoms with Gasteiger partial charge in [0, 0.05) is 13.0 Å². The highest BCUT2D eigenvalue weighted by Crippen LogP contribution is 2.29. The highest BCUT2D eigenvalue weighted by atomic mass is 16.5. The number of anilines is 1. The minimum atomic E-state index is -0.468. The van der Waals surface area contributed by atoms with Crippen molar-refractivity contribution in [3.63, 3.8) is 0 Å². The van der Waals surface area contributed by atoms with Gasteiger partial charge in [0.15, 0.2) is 5.69 Å². The summed E-state index contributed by atoms with van der Waals surface area (Å²) >= 11 is 0. The monoisotopic (exact) mass is 295 g/mol. The molecule has 2 N–H and O–H groups in total. The third-order valence-electron chi connectivity index (χ3n) is 3.82. The fourth-order valence-corrected chi connectivity index (χ4v) is 2.57. The zero-order valence-electron chi connectivity index (χ0n) is 14.0. The number of hydrogen-bond acceptors (Lipinski definition) is 4. The molecule has 0 unspecified atom stereocenters. The Balaban J connectivity index is 2.96. The molecule has 0 aliphatic carbocycles. The van der Waals surface area contributed by atoms with E-state index >= 15 is 0 Å². The lowest BCUT2D eigenvalue weighted by Gasteiger charge is -2.26. The third-order valence-corrected chi connectivity index (χ3v) is 3.82. The Morgan fingerprint density at radius 1 is 1.33 bits per heavy atom. The number of rotatable bonds is 8. The highest BCUT2D eigenvalue weighted by molar-refractivity contribution is 5.92. The summed E-state index contributed by atoms with van der Waals surface area (Å²) in [6.45, 7) is 9.47. The van der Waals surface area contributed by atoms with E-state index in [1.54, 1.807) is 0 Å². The first-order valence-corrected chi connectivity index (χ1v) is 7.79.